The molecule has 0 N–H and O–H groups in total. The summed E-state index contributed by atoms with van der Waals surface area (Å²) in [4.78, 5) is -0.0594. The van der Waals surface area contributed by atoms with Gasteiger partial charge in [0.25, 0.3) is 0 Å². The summed E-state index contributed by atoms with van der Waals surface area (Å²) >= 11 is 0. The van der Waals surface area contributed by atoms with Crippen LogP contribution in [0.25, 0.3) is 0 Å². The maximum atomic E-state index is 13.4. The minimum atomic E-state index is -3.81. The van der Waals surface area contributed by atoms with Crippen molar-refractivity contribution < 1.29 is 17.5 Å². The average Bonchev–Trinajstić information content (AvgIpc) is 2.56. The standard InChI is InChI=1S/C16H15FN2O3S/c1-19(10-11-22-15-8-4-3-7-14(15)17)23(20,21)16-9-5-2-6-13(16)12-18/h2-9H,10-11H2,1H3. The largest absolute Gasteiger partial charge is 0.489 e. The van der Waals surface area contributed by atoms with E-state index in [1.807, 2.05) is 6.07 Å². The molecule has 0 saturated heterocycles. The van der Waals surface area contributed by atoms with Crippen LogP contribution in [-0.2, 0) is 10.0 Å². The number of nitriles is 1. The quantitative estimate of drug-likeness (QED) is 0.813. The Labute approximate surface area is 134 Å². The van der Waals surface area contributed by atoms with Gasteiger partial charge in [-0.1, -0.05) is 24.3 Å². The van der Waals surface area contributed by atoms with Crippen molar-refractivity contribution in [3.63, 3.8) is 0 Å². The molecule has 0 aliphatic carbocycles. The van der Waals surface area contributed by atoms with Crippen molar-refractivity contribution in [2.45, 2.75) is 4.90 Å². The molecule has 23 heavy (non-hydrogen) atoms. The van der Waals surface area contributed by atoms with Crippen LogP contribution in [0.4, 0.5) is 4.39 Å². The van der Waals surface area contributed by atoms with Gasteiger partial charge in [-0.15, -0.1) is 0 Å². The van der Waals surface area contributed by atoms with Gasteiger partial charge in [-0.2, -0.15) is 9.57 Å². The molecule has 0 spiro atoms. The number of rotatable bonds is 6. The Hall–Kier alpha value is -2.43. The molecule has 0 heterocycles. The highest BCUT2D eigenvalue weighted by molar-refractivity contribution is 7.89. The van der Waals surface area contributed by atoms with Gasteiger partial charge in [0.15, 0.2) is 11.6 Å². The molecular formula is C16H15FN2O3S. The van der Waals surface area contributed by atoms with Gasteiger partial charge in [-0.05, 0) is 24.3 Å². The summed E-state index contributed by atoms with van der Waals surface area (Å²) in [7, 11) is -2.43. The normalized spacial score (nSPS) is 11.2. The van der Waals surface area contributed by atoms with Crippen LogP contribution in [0.1, 0.15) is 5.56 Å². The molecule has 2 aromatic rings. The minimum Gasteiger partial charge on any atom is -0.489 e. The van der Waals surface area contributed by atoms with Gasteiger partial charge in [0.05, 0.1) is 10.5 Å². The maximum Gasteiger partial charge on any atom is 0.244 e. The van der Waals surface area contributed by atoms with E-state index < -0.39 is 15.8 Å². The Morgan fingerprint density at radius 2 is 1.83 bits per heavy atom. The fraction of sp³-hybridized carbons (Fsp3) is 0.188. The van der Waals surface area contributed by atoms with Crippen molar-refractivity contribution in [2.75, 3.05) is 20.2 Å². The highest BCUT2D eigenvalue weighted by Gasteiger charge is 2.23. The molecule has 5 nitrogen and oxygen atoms in total. The lowest BCUT2D eigenvalue weighted by Crippen LogP contribution is -2.31. The summed E-state index contributed by atoms with van der Waals surface area (Å²) in [5.74, 6) is -0.441. The first-order chi connectivity index (χ1) is 11.0. The fourth-order valence-corrected chi connectivity index (χ4v) is 3.21. The fourth-order valence-electron chi connectivity index (χ4n) is 1.92. The van der Waals surface area contributed by atoms with E-state index in [9.17, 15) is 12.8 Å². The monoisotopic (exact) mass is 334 g/mol. The highest BCUT2D eigenvalue weighted by atomic mass is 32.2. The van der Waals surface area contributed by atoms with Crippen LogP contribution in [0.2, 0.25) is 0 Å². The molecule has 2 rings (SSSR count). The summed E-state index contributed by atoms with van der Waals surface area (Å²) in [5.41, 5.74) is 0.0781. The van der Waals surface area contributed by atoms with E-state index in [1.165, 1.54) is 37.4 Å². The van der Waals surface area contributed by atoms with Gasteiger partial charge in [-0.25, -0.2) is 12.8 Å². The van der Waals surface area contributed by atoms with Crippen LogP contribution in [0.15, 0.2) is 53.4 Å². The summed E-state index contributed by atoms with van der Waals surface area (Å²) in [6.07, 6.45) is 0. The first-order valence-electron chi connectivity index (χ1n) is 6.79. The molecule has 0 radical (unpaired) electrons. The van der Waals surface area contributed by atoms with Crippen molar-refractivity contribution in [1.82, 2.24) is 4.31 Å². The third-order valence-electron chi connectivity index (χ3n) is 3.20. The maximum absolute atomic E-state index is 13.4. The summed E-state index contributed by atoms with van der Waals surface area (Å²) in [6, 6.07) is 13.7. The summed E-state index contributed by atoms with van der Waals surface area (Å²) in [6.45, 7) is 0.0157. The number of halogens is 1. The van der Waals surface area contributed by atoms with Crippen LogP contribution in [-0.4, -0.2) is 32.9 Å². The number of likely N-dealkylation sites (N-methyl/N-ethyl adjacent to an activating group) is 1. The van der Waals surface area contributed by atoms with Crippen molar-refractivity contribution in [1.29, 1.82) is 5.26 Å². The van der Waals surface area contributed by atoms with Crippen molar-refractivity contribution in [3.05, 3.63) is 59.9 Å². The number of nitrogens with zero attached hydrogens (tertiary/aromatic N) is 2. The Bertz CT molecular complexity index is 831. The summed E-state index contributed by atoms with van der Waals surface area (Å²) < 4.78 is 44.7. The van der Waals surface area contributed by atoms with Gasteiger partial charge in [0, 0.05) is 13.6 Å². The number of hydrogen-bond acceptors (Lipinski definition) is 4. The molecule has 120 valence electrons. The third kappa shape index (κ3) is 3.86. The Balaban J connectivity index is 2.07. The van der Waals surface area contributed by atoms with Crippen molar-refractivity contribution in [2.24, 2.45) is 0 Å². The molecule has 0 aliphatic heterocycles. The second kappa shape index (κ2) is 7.22. The molecule has 0 aliphatic rings. The number of ether oxygens (including phenoxy) is 1. The molecule has 2 aromatic carbocycles. The van der Waals surface area contributed by atoms with Crippen LogP contribution in [0, 0.1) is 17.1 Å². The molecule has 0 unspecified atom stereocenters. The van der Waals surface area contributed by atoms with Crippen LogP contribution in [0.3, 0.4) is 0 Å². The second-order valence-corrected chi connectivity index (χ2v) is 6.73. The lowest BCUT2D eigenvalue weighted by atomic mass is 10.2. The molecule has 7 heteroatoms. The topological polar surface area (TPSA) is 70.4 Å². The Morgan fingerprint density at radius 1 is 1.17 bits per heavy atom. The molecule has 0 amide bonds. The van der Waals surface area contributed by atoms with Crippen molar-refractivity contribution in [3.8, 4) is 11.8 Å². The van der Waals surface area contributed by atoms with Crippen molar-refractivity contribution >= 4 is 10.0 Å². The van der Waals surface area contributed by atoms with Gasteiger partial charge < -0.3 is 4.74 Å². The zero-order valence-corrected chi connectivity index (χ0v) is 13.3. The van der Waals surface area contributed by atoms with Gasteiger partial charge in [0.1, 0.15) is 12.7 Å². The Kier molecular flexibility index (Phi) is 5.32. The lowest BCUT2D eigenvalue weighted by Gasteiger charge is -2.18. The number of benzene rings is 2. The Morgan fingerprint density at radius 3 is 2.52 bits per heavy atom. The molecule has 0 atom stereocenters. The van der Waals surface area contributed by atoms with E-state index >= 15 is 0 Å². The van der Waals surface area contributed by atoms with E-state index in [2.05, 4.69) is 0 Å². The van der Waals surface area contributed by atoms with E-state index in [4.69, 9.17) is 10.00 Å². The predicted octanol–water partition coefficient (Wildman–Crippen LogP) is 2.40. The average molecular weight is 334 g/mol. The van der Waals surface area contributed by atoms with Gasteiger partial charge in [-0.3, -0.25) is 0 Å². The smallest absolute Gasteiger partial charge is 0.244 e. The number of hydrogen-bond donors (Lipinski definition) is 0. The molecular weight excluding hydrogens is 319 g/mol. The third-order valence-corrected chi connectivity index (χ3v) is 5.11. The van der Waals surface area contributed by atoms with Gasteiger partial charge in [0.2, 0.25) is 10.0 Å². The first-order valence-corrected chi connectivity index (χ1v) is 8.23. The molecule has 0 fully saturated rings. The zero-order chi connectivity index (χ0) is 16.9. The number of para-hydroxylation sites is 1. The van der Waals surface area contributed by atoms with E-state index in [0.29, 0.717) is 0 Å². The second-order valence-electron chi connectivity index (χ2n) is 4.71. The highest BCUT2D eigenvalue weighted by Crippen LogP contribution is 2.19. The minimum absolute atomic E-state index is 0.00855. The van der Waals surface area contributed by atoms with E-state index in [-0.39, 0.29) is 29.4 Å². The van der Waals surface area contributed by atoms with Crippen LogP contribution >= 0.6 is 0 Å². The van der Waals surface area contributed by atoms with E-state index in [0.717, 1.165) is 4.31 Å². The molecule has 0 aromatic heterocycles. The lowest BCUT2D eigenvalue weighted by molar-refractivity contribution is 0.275. The van der Waals surface area contributed by atoms with Gasteiger partial charge >= 0.3 is 0 Å². The predicted molar refractivity (Wildman–Crippen MR) is 82.9 cm³/mol. The molecule has 0 bridgehead atoms. The van der Waals surface area contributed by atoms with E-state index in [1.54, 1.807) is 18.2 Å². The zero-order valence-electron chi connectivity index (χ0n) is 12.4. The first kappa shape index (κ1) is 16.9. The molecule has 0 saturated carbocycles. The van der Waals surface area contributed by atoms with Crippen LogP contribution < -0.4 is 4.74 Å². The SMILES string of the molecule is CN(CCOc1ccccc1F)S(=O)(=O)c1ccccc1C#N. The van der Waals surface area contributed by atoms with Crippen LogP contribution in [0.5, 0.6) is 5.75 Å². The number of sulfonamides is 1. The summed E-state index contributed by atoms with van der Waals surface area (Å²) in [5, 5.41) is 9.02.